The molecule has 3 atom stereocenters. The van der Waals surface area contributed by atoms with Crippen molar-refractivity contribution in [2.24, 2.45) is 11.1 Å². The minimum Gasteiger partial charge on any atom is -0.368 e. The molecule has 0 aliphatic carbocycles. The third-order valence-electron chi connectivity index (χ3n) is 9.44. The van der Waals surface area contributed by atoms with Crippen molar-refractivity contribution in [3.05, 3.63) is 118 Å². The molecule has 0 radical (unpaired) electrons. The SMILES string of the molecule is NC(=O)[C@@H]1CCNC(=O)/C=C/C(=O)N2CCC[C@](Cc3ccccc3)(C2)C(=O)N[C@@H](Cc2ccc(Br)cc2)C(=O)NCc2ccccc2CC(=O)N1. The van der Waals surface area contributed by atoms with Crippen molar-refractivity contribution in [2.75, 3.05) is 19.6 Å². The fourth-order valence-corrected chi connectivity index (χ4v) is 6.92. The number of carbonyl (C=O) groups excluding carboxylic acids is 6. The molecule has 2 aliphatic heterocycles. The molecule has 12 nitrogen and oxygen atoms in total. The molecule has 3 aromatic rings. The van der Waals surface area contributed by atoms with Gasteiger partial charge in [0.2, 0.25) is 35.4 Å². The monoisotopic (exact) mass is 770 g/mol. The quantitative estimate of drug-likeness (QED) is 0.266. The van der Waals surface area contributed by atoms with Crippen LogP contribution in [0.15, 0.2) is 95.5 Å². The van der Waals surface area contributed by atoms with E-state index in [1.165, 1.54) is 0 Å². The van der Waals surface area contributed by atoms with Gasteiger partial charge in [-0.15, -0.1) is 0 Å². The molecule has 272 valence electrons. The maximum Gasteiger partial charge on any atom is 0.246 e. The van der Waals surface area contributed by atoms with Gasteiger partial charge >= 0.3 is 0 Å². The van der Waals surface area contributed by atoms with Gasteiger partial charge in [0.05, 0.1) is 11.8 Å². The molecule has 2 heterocycles. The summed E-state index contributed by atoms with van der Waals surface area (Å²) in [5.74, 6) is -2.99. The van der Waals surface area contributed by atoms with Crippen molar-refractivity contribution in [3.63, 3.8) is 0 Å². The Kier molecular flexibility index (Phi) is 13.0. The van der Waals surface area contributed by atoms with Gasteiger partial charge in [0.1, 0.15) is 12.1 Å². The fourth-order valence-electron chi connectivity index (χ4n) is 6.66. The summed E-state index contributed by atoms with van der Waals surface area (Å²) < 4.78 is 0.871. The number of carbonyl (C=O) groups is 6. The predicted molar refractivity (Wildman–Crippen MR) is 198 cm³/mol. The van der Waals surface area contributed by atoms with Gasteiger partial charge < -0.3 is 31.9 Å². The second kappa shape index (κ2) is 17.8. The van der Waals surface area contributed by atoms with E-state index in [1.54, 1.807) is 29.2 Å². The van der Waals surface area contributed by atoms with E-state index >= 15 is 0 Å². The lowest BCUT2D eigenvalue weighted by atomic mass is 9.74. The van der Waals surface area contributed by atoms with Gasteiger partial charge in [-0.25, -0.2) is 0 Å². The molecule has 1 saturated heterocycles. The zero-order valence-corrected chi connectivity index (χ0v) is 30.3. The van der Waals surface area contributed by atoms with Crippen LogP contribution >= 0.6 is 15.9 Å². The molecular formula is C39H43BrN6O6. The van der Waals surface area contributed by atoms with Gasteiger partial charge in [-0.1, -0.05) is 82.7 Å². The van der Waals surface area contributed by atoms with Gasteiger partial charge in [-0.2, -0.15) is 0 Å². The third-order valence-corrected chi connectivity index (χ3v) is 9.97. The summed E-state index contributed by atoms with van der Waals surface area (Å²) in [4.78, 5) is 81.4. The van der Waals surface area contributed by atoms with Gasteiger partial charge in [-0.05, 0) is 60.1 Å². The van der Waals surface area contributed by atoms with Crippen molar-refractivity contribution in [1.82, 2.24) is 26.2 Å². The topological polar surface area (TPSA) is 180 Å². The molecular weight excluding hydrogens is 728 g/mol. The van der Waals surface area contributed by atoms with Gasteiger partial charge in [0.15, 0.2) is 0 Å². The van der Waals surface area contributed by atoms with Crippen LogP contribution in [0.2, 0.25) is 0 Å². The molecule has 0 unspecified atom stereocenters. The Morgan fingerprint density at radius 1 is 0.846 bits per heavy atom. The number of piperidine rings is 1. The minimum atomic E-state index is -1.07. The highest BCUT2D eigenvalue weighted by Crippen LogP contribution is 2.35. The molecule has 2 aliphatic rings. The predicted octanol–water partition coefficient (Wildman–Crippen LogP) is 2.23. The summed E-state index contributed by atoms with van der Waals surface area (Å²) in [6, 6.07) is 22.1. The van der Waals surface area contributed by atoms with Crippen LogP contribution in [0.3, 0.4) is 0 Å². The maximum atomic E-state index is 14.6. The smallest absolute Gasteiger partial charge is 0.246 e. The highest BCUT2D eigenvalue weighted by molar-refractivity contribution is 9.10. The van der Waals surface area contributed by atoms with Crippen LogP contribution in [0.25, 0.3) is 0 Å². The third kappa shape index (κ3) is 10.4. The number of hydrogen-bond donors (Lipinski definition) is 5. The number of nitrogens with zero attached hydrogens (tertiary/aromatic N) is 1. The van der Waals surface area contributed by atoms with Gasteiger partial charge in [-0.3, -0.25) is 28.8 Å². The summed E-state index contributed by atoms with van der Waals surface area (Å²) >= 11 is 3.45. The first-order valence-corrected chi connectivity index (χ1v) is 18.1. The van der Waals surface area contributed by atoms with Crippen molar-refractivity contribution >= 4 is 51.4 Å². The Morgan fingerprint density at radius 3 is 2.29 bits per heavy atom. The summed E-state index contributed by atoms with van der Waals surface area (Å²) in [6.07, 6.45) is 3.75. The zero-order valence-electron chi connectivity index (χ0n) is 28.7. The van der Waals surface area contributed by atoms with Crippen LogP contribution in [0.5, 0.6) is 0 Å². The zero-order chi connectivity index (χ0) is 37.1. The minimum absolute atomic E-state index is 0.0133. The first-order valence-electron chi connectivity index (χ1n) is 17.3. The van der Waals surface area contributed by atoms with Crippen LogP contribution in [-0.2, 0) is 54.6 Å². The Bertz CT molecular complexity index is 1820. The van der Waals surface area contributed by atoms with Crippen molar-refractivity contribution in [1.29, 1.82) is 0 Å². The summed E-state index contributed by atoms with van der Waals surface area (Å²) in [5.41, 5.74) is 7.53. The molecule has 6 amide bonds. The lowest BCUT2D eigenvalue weighted by molar-refractivity contribution is -0.141. The number of fused-ring (bicyclic) bond motifs is 3. The van der Waals surface area contributed by atoms with E-state index in [-0.39, 0.29) is 44.8 Å². The van der Waals surface area contributed by atoms with E-state index in [0.29, 0.717) is 36.9 Å². The molecule has 5 rings (SSSR count). The molecule has 6 N–H and O–H groups in total. The van der Waals surface area contributed by atoms with E-state index in [4.69, 9.17) is 5.73 Å². The van der Waals surface area contributed by atoms with E-state index in [0.717, 1.165) is 27.8 Å². The average molecular weight is 772 g/mol. The Hall–Kier alpha value is -5.30. The molecule has 52 heavy (non-hydrogen) atoms. The van der Waals surface area contributed by atoms with Crippen LogP contribution in [0.4, 0.5) is 0 Å². The number of benzene rings is 3. The van der Waals surface area contributed by atoms with E-state index in [1.807, 2.05) is 54.6 Å². The second-order valence-electron chi connectivity index (χ2n) is 13.3. The Balaban J connectivity index is 1.49. The Morgan fingerprint density at radius 2 is 1.56 bits per heavy atom. The fraction of sp³-hybridized carbons (Fsp3) is 0.333. The first kappa shape index (κ1) is 37.9. The number of amides is 6. The molecule has 1 fully saturated rings. The number of nitrogens with one attached hydrogen (secondary N) is 4. The highest BCUT2D eigenvalue weighted by Gasteiger charge is 2.44. The molecule has 0 spiro atoms. The number of rotatable bonds is 5. The van der Waals surface area contributed by atoms with Gasteiger partial charge in [0, 0.05) is 49.2 Å². The van der Waals surface area contributed by atoms with Crippen molar-refractivity contribution < 1.29 is 28.8 Å². The van der Waals surface area contributed by atoms with Crippen LogP contribution in [0, 0.1) is 5.41 Å². The maximum absolute atomic E-state index is 14.6. The molecule has 2 bridgehead atoms. The van der Waals surface area contributed by atoms with E-state index in [2.05, 4.69) is 37.2 Å². The molecule has 13 heteroatoms. The van der Waals surface area contributed by atoms with Gasteiger partial charge in [0.25, 0.3) is 0 Å². The molecule has 3 aromatic carbocycles. The highest BCUT2D eigenvalue weighted by atomic mass is 79.9. The number of primary amides is 1. The summed E-state index contributed by atoms with van der Waals surface area (Å²) in [6.45, 7) is 0.554. The average Bonchev–Trinajstić information content (AvgIpc) is 3.13. The van der Waals surface area contributed by atoms with Crippen molar-refractivity contribution in [3.8, 4) is 0 Å². The van der Waals surface area contributed by atoms with E-state index in [9.17, 15) is 28.8 Å². The molecule has 0 saturated carbocycles. The summed E-state index contributed by atoms with van der Waals surface area (Å²) in [5, 5.41) is 11.3. The molecule has 0 aromatic heterocycles. The van der Waals surface area contributed by atoms with E-state index < -0.39 is 47.0 Å². The van der Waals surface area contributed by atoms with Crippen LogP contribution < -0.4 is 27.0 Å². The number of halogens is 1. The number of hydrogen-bond acceptors (Lipinski definition) is 6. The normalized spacial score (nSPS) is 23.0. The number of nitrogens with two attached hydrogens (primary N) is 1. The first-order chi connectivity index (χ1) is 25.0. The largest absolute Gasteiger partial charge is 0.368 e. The van der Waals surface area contributed by atoms with Crippen LogP contribution in [0.1, 0.15) is 41.5 Å². The lowest BCUT2D eigenvalue weighted by Crippen LogP contribution is -2.58. The van der Waals surface area contributed by atoms with Crippen molar-refractivity contribution in [2.45, 2.75) is 57.2 Å². The standard InChI is InChI=1S/C39H43BrN6O6/c40-30-13-11-26(12-14-30)21-32-37(51)43-24-29-10-5-4-9-28(29)22-34(48)44-31(36(41)50)17-19-42-33(47)15-16-35(49)46-20-6-18-39(25-46,38(52)45-32)23-27-7-2-1-3-8-27/h1-5,7-16,31-32H,6,17-25H2,(H2,41,50)(H,42,47)(H,43,51)(H,44,48)(H,45,52)/b16-15+/t31-,32-,39-/m0/s1. The Labute approximate surface area is 311 Å². The lowest BCUT2D eigenvalue weighted by Gasteiger charge is -2.42. The van der Waals surface area contributed by atoms with Crippen LogP contribution in [-0.4, -0.2) is 72.1 Å². The summed E-state index contributed by atoms with van der Waals surface area (Å²) in [7, 11) is 0. The second-order valence-corrected chi connectivity index (χ2v) is 14.2.